The number of nitrogens with one attached hydrogen (secondary N) is 1. The lowest BCUT2D eigenvalue weighted by Crippen LogP contribution is -2.53. The van der Waals surface area contributed by atoms with E-state index in [1.54, 1.807) is 24.3 Å². The van der Waals surface area contributed by atoms with Gasteiger partial charge >= 0.3 is 0 Å². The summed E-state index contributed by atoms with van der Waals surface area (Å²) in [5.74, 6) is -0.116. The number of anilines is 1. The van der Waals surface area contributed by atoms with Gasteiger partial charge in [0.05, 0.1) is 24.8 Å². The number of methoxy groups -OCH3 is 2. The molecule has 0 spiro atoms. The van der Waals surface area contributed by atoms with Crippen LogP contribution in [0.2, 0.25) is 0 Å². The maximum atomic E-state index is 14.7. The first-order valence-corrected chi connectivity index (χ1v) is 17.5. The number of amides is 2. The normalized spacial score (nSPS) is 11.8. The molecule has 1 atom stereocenters. The minimum Gasteiger partial charge on any atom is -0.493 e. The van der Waals surface area contributed by atoms with Gasteiger partial charge in [0.1, 0.15) is 12.6 Å². The fraction of sp³-hybridized carbons (Fsp3) is 0.316. The minimum absolute atomic E-state index is 0.0269. The van der Waals surface area contributed by atoms with Crippen LogP contribution in [0.5, 0.6) is 11.5 Å². The van der Waals surface area contributed by atoms with E-state index in [0.29, 0.717) is 18.0 Å². The highest BCUT2D eigenvalue weighted by molar-refractivity contribution is 7.92. The molecule has 0 saturated carbocycles. The largest absolute Gasteiger partial charge is 0.493 e. The Labute approximate surface area is 284 Å². The molecular formula is C38H45N3O6S. The van der Waals surface area contributed by atoms with Gasteiger partial charge in [-0.05, 0) is 55.7 Å². The van der Waals surface area contributed by atoms with Crippen LogP contribution in [-0.2, 0) is 32.6 Å². The smallest absolute Gasteiger partial charge is 0.264 e. The van der Waals surface area contributed by atoms with Crippen molar-refractivity contribution in [2.75, 3.05) is 31.6 Å². The summed E-state index contributed by atoms with van der Waals surface area (Å²) in [7, 11) is -1.31. The van der Waals surface area contributed by atoms with Crippen LogP contribution in [0.15, 0.2) is 102 Å². The molecule has 0 bridgehead atoms. The van der Waals surface area contributed by atoms with Crippen LogP contribution in [0.4, 0.5) is 5.69 Å². The number of carbonyl (C=O) groups excluding carboxylic acids is 2. The Morgan fingerprint density at radius 1 is 0.792 bits per heavy atom. The summed E-state index contributed by atoms with van der Waals surface area (Å²) in [6.07, 6.45) is 1.93. The van der Waals surface area contributed by atoms with Gasteiger partial charge in [-0.25, -0.2) is 8.42 Å². The summed E-state index contributed by atoms with van der Waals surface area (Å²) in [5.41, 5.74) is 3.80. The highest BCUT2D eigenvalue weighted by Crippen LogP contribution is 2.34. The lowest BCUT2D eigenvalue weighted by molar-refractivity contribution is -0.140. The number of hydrogen-bond donors (Lipinski definition) is 1. The van der Waals surface area contributed by atoms with Crippen LogP contribution in [-0.4, -0.2) is 58.5 Å². The number of unbranched alkanes of at least 4 members (excludes halogenated alkanes) is 1. The molecule has 4 aromatic rings. The van der Waals surface area contributed by atoms with E-state index in [4.69, 9.17) is 9.47 Å². The molecule has 48 heavy (non-hydrogen) atoms. The number of carbonyl (C=O) groups is 2. The minimum atomic E-state index is -4.26. The van der Waals surface area contributed by atoms with Crippen molar-refractivity contribution >= 4 is 27.5 Å². The lowest BCUT2D eigenvalue weighted by Gasteiger charge is -2.34. The average molecular weight is 672 g/mol. The summed E-state index contributed by atoms with van der Waals surface area (Å²) in [6.45, 7) is 5.87. The van der Waals surface area contributed by atoms with Crippen molar-refractivity contribution in [2.24, 2.45) is 0 Å². The Kier molecular flexibility index (Phi) is 12.6. The van der Waals surface area contributed by atoms with Gasteiger partial charge in [-0.2, -0.15) is 0 Å². The Morgan fingerprint density at radius 3 is 2.12 bits per heavy atom. The molecule has 0 aliphatic rings. The Hall–Kier alpha value is -4.83. The first-order valence-electron chi connectivity index (χ1n) is 16.1. The van der Waals surface area contributed by atoms with E-state index in [-0.39, 0.29) is 29.5 Å². The van der Waals surface area contributed by atoms with Gasteiger partial charge in [-0.15, -0.1) is 0 Å². The number of benzene rings is 4. The third-order valence-electron chi connectivity index (χ3n) is 8.08. The van der Waals surface area contributed by atoms with Crippen molar-refractivity contribution in [3.05, 3.63) is 119 Å². The SMILES string of the molecule is CCCCNC(=O)[C@@H](Cc1ccccc1)N(Cc1cccc(C)c1)C(=O)CN(c1ccc(OC)c(OC)c1)S(=O)(=O)c1ccc(C)cc1. The topological polar surface area (TPSA) is 105 Å². The van der Waals surface area contributed by atoms with Gasteiger partial charge in [0.15, 0.2) is 11.5 Å². The maximum absolute atomic E-state index is 14.7. The van der Waals surface area contributed by atoms with E-state index < -0.39 is 28.5 Å². The van der Waals surface area contributed by atoms with Crippen molar-refractivity contribution in [1.29, 1.82) is 0 Å². The van der Waals surface area contributed by atoms with Crippen LogP contribution < -0.4 is 19.1 Å². The summed E-state index contributed by atoms with van der Waals surface area (Å²) in [6, 6.07) is 27.5. The van der Waals surface area contributed by atoms with E-state index in [0.717, 1.165) is 39.4 Å². The predicted octanol–water partition coefficient (Wildman–Crippen LogP) is 6.07. The summed E-state index contributed by atoms with van der Waals surface area (Å²) in [4.78, 5) is 30.1. The van der Waals surface area contributed by atoms with Gasteiger partial charge in [-0.3, -0.25) is 13.9 Å². The zero-order valence-corrected chi connectivity index (χ0v) is 29.1. The summed E-state index contributed by atoms with van der Waals surface area (Å²) < 4.78 is 40.6. The lowest BCUT2D eigenvalue weighted by atomic mass is 10.0. The predicted molar refractivity (Wildman–Crippen MR) is 189 cm³/mol. The zero-order valence-electron chi connectivity index (χ0n) is 28.3. The Balaban J connectivity index is 1.83. The molecule has 10 heteroatoms. The highest BCUT2D eigenvalue weighted by atomic mass is 32.2. The summed E-state index contributed by atoms with van der Waals surface area (Å²) in [5, 5.41) is 3.02. The van der Waals surface area contributed by atoms with Gasteiger partial charge in [0.2, 0.25) is 11.8 Å². The van der Waals surface area contributed by atoms with Crippen molar-refractivity contribution in [2.45, 2.75) is 57.5 Å². The van der Waals surface area contributed by atoms with Crippen LogP contribution in [0.3, 0.4) is 0 Å². The summed E-state index contributed by atoms with van der Waals surface area (Å²) >= 11 is 0. The molecule has 4 rings (SSSR count). The maximum Gasteiger partial charge on any atom is 0.264 e. The molecule has 0 radical (unpaired) electrons. The van der Waals surface area contributed by atoms with Crippen molar-refractivity contribution < 1.29 is 27.5 Å². The molecule has 1 N–H and O–H groups in total. The third-order valence-corrected chi connectivity index (χ3v) is 9.87. The number of nitrogens with zero attached hydrogens (tertiary/aromatic N) is 2. The molecule has 0 aliphatic carbocycles. The molecule has 4 aromatic carbocycles. The molecule has 0 fully saturated rings. The number of aryl methyl sites for hydroxylation is 2. The first-order chi connectivity index (χ1) is 23.1. The van der Waals surface area contributed by atoms with E-state index in [2.05, 4.69) is 5.32 Å². The van der Waals surface area contributed by atoms with Crippen LogP contribution in [0.25, 0.3) is 0 Å². The molecular weight excluding hydrogens is 627 g/mol. The second-order valence-electron chi connectivity index (χ2n) is 11.7. The first kappa shape index (κ1) is 36.0. The van der Waals surface area contributed by atoms with E-state index in [9.17, 15) is 18.0 Å². The van der Waals surface area contributed by atoms with Gasteiger partial charge < -0.3 is 19.7 Å². The second kappa shape index (κ2) is 16.8. The van der Waals surface area contributed by atoms with Crippen LogP contribution in [0.1, 0.15) is 42.0 Å². The molecule has 0 unspecified atom stereocenters. The molecule has 0 aliphatic heterocycles. The number of rotatable bonds is 16. The van der Waals surface area contributed by atoms with Crippen LogP contribution in [0, 0.1) is 13.8 Å². The quantitative estimate of drug-likeness (QED) is 0.145. The third kappa shape index (κ3) is 9.16. The van der Waals surface area contributed by atoms with Gasteiger partial charge in [0, 0.05) is 25.6 Å². The fourth-order valence-corrected chi connectivity index (χ4v) is 6.82. The van der Waals surface area contributed by atoms with Gasteiger partial charge in [-0.1, -0.05) is 91.2 Å². The molecule has 0 saturated heterocycles. The van der Waals surface area contributed by atoms with E-state index >= 15 is 0 Å². The Bertz CT molecular complexity index is 1780. The monoisotopic (exact) mass is 671 g/mol. The standard InChI is InChI=1S/C38H45N3O6S/c1-6-7-22-39-38(43)34(24-30-13-9-8-10-14-30)40(26-31-15-11-12-29(3)23-31)37(42)27-41(32-18-21-35(46-4)36(25-32)47-5)48(44,45)33-19-16-28(2)17-20-33/h8-21,23,25,34H,6-7,22,24,26-27H2,1-5H3,(H,39,43)/t34-/m1/s1. The zero-order chi connectivity index (χ0) is 34.7. The molecule has 254 valence electrons. The molecule has 0 aromatic heterocycles. The van der Waals surface area contributed by atoms with Gasteiger partial charge in [0.25, 0.3) is 10.0 Å². The fourth-order valence-electron chi connectivity index (χ4n) is 5.41. The second-order valence-corrected chi connectivity index (χ2v) is 13.6. The number of hydrogen-bond acceptors (Lipinski definition) is 6. The molecule has 9 nitrogen and oxygen atoms in total. The highest BCUT2D eigenvalue weighted by Gasteiger charge is 2.35. The number of ether oxygens (including phenoxy) is 2. The van der Waals surface area contributed by atoms with Crippen molar-refractivity contribution in [3.8, 4) is 11.5 Å². The Morgan fingerprint density at radius 2 is 1.48 bits per heavy atom. The van der Waals surface area contributed by atoms with E-state index in [1.165, 1.54) is 37.3 Å². The number of sulfonamides is 1. The van der Waals surface area contributed by atoms with Crippen molar-refractivity contribution in [1.82, 2.24) is 10.2 Å². The van der Waals surface area contributed by atoms with E-state index in [1.807, 2.05) is 75.4 Å². The molecule has 0 heterocycles. The average Bonchev–Trinajstić information content (AvgIpc) is 3.09. The van der Waals surface area contributed by atoms with Crippen LogP contribution >= 0.6 is 0 Å². The molecule has 2 amide bonds. The van der Waals surface area contributed by atoms with Crippen molar-refractivity contribution in [3.63, 3.8) is 0 Å².